The van der Waals surface area contributed by atoms with Gasteiger partial charge in [-0.1, -0.05) is 73.2 Å². The first-order valence-corrected chi connectivity index (χ1v) is 13.1. The van der Waals surface area contributed by atoms with Crippen LogP contribution in [0.2, 0.25) is 0 Å². The van der Waals surface area contributed by atoms with Gasteiger partial charge in [0.2, 0.25) is 10.0 Å². The molecule has 1 heterocycles. The predicted molar refractivity (Wildman–Crippen MR) is 135 cm³/mol. The average molecular weight is 478 g/mol. The van der Waals surface area contributed by atoms with Crippen molar-refractivity contribution < 1.29 is 17.6 Å². The molecular formula is C28H31NO4S. The highest BCUT2D eigenvalue weighted by molar-refractivity contribution is 7.89. The zero-order chi connectivity index (χ0) is 24.0. The Morgan fingerprint density at radius 1 is 0.941 bits per heavy atom. The summed E-state index contributed by atoms with van der Waals surface area (Å²) in [5.41, 5.74) is 2.98. The summed E-state index contributed by atoms with van der Waals surface area (Å²) in [6, 6.07) is 26.9. The van der Waals surface area contributed by atoms with Gasteiger partial charge >= 0.3 is 0 Å². The normalized spacial score (nSPS) is 13.7. The minimum atomic E-state index is -3.56. The van der Waals surface area contributed by atoms with Crippen LogP contribution >= 0.6 is 0 Å². The van der Waals surface area contributed by atoms with Crippen molar-refractivity contribution in [2.24, 2.45) is 0 Å². The van der Waals surface area contributed by atoms with Crippen LogP contribution in [0.4, 0.5) is 0 Å². The van der Waals surface area contributed by atoms with E-state index in [1.54, 1.807) is 24.3 Å². The van der Waals surface area contributed by atoms with Gasteiger partial charge in [0.25, 0.3) is 0 Å². The zero-order valence-corrected chi connectivity index (χ0v) is 20.4. The summed E-state index contributed by atoms with van der Waals surface area (Å²) in [4.78, 5) is 0.274. The first-order valence-electron chi connectivity index (χ1n) is 11.6. The molecule has 2 unspecified atom stereocenters. The highest BCUT2D eigenvalue weighted by Crippen LogP contribution is 2.29. The van der Waals surface area contributed by atoms with Crippen LogP contribution < -0.4 is 4.72 Å². The van der Waals surface area contributed by atoms with Crippen molar-refractivity contribution in [1.82, 2.24) is 4.72 Å². The molecule has 2 atom stereocenters. The lowest BCUT2D eigenvalue weighted by atomic mass is 9.98. The molecule has 0 radical (unpaired) electrons. The summed E-state index contributed by atoms with van der Waals surface area (Å²) in [5.74, 6) is 1.04. The lowest BCUT2D eigenvalue weighted by molar-refractivity contribution is 0.0257. The number of aryl methyl sites for hydroxylation is 1. The van der Waals surface area contributed by atoms with Crippen molar-refractivity contribution in [1.29, 1.82) is 0 Å². The van der Waals surface area contributed by atoms with Gasteiger partial charge in [0, 0.05) is 17.8 Å². The lowest BCUT2D eigenvalue weighted by Gasteiger charge is -2.21. The predicted octanol–water partition coefficient (Wildman–Crippen LogP) is 6.19. The highest BCUT2D eigenvalue weighted by atomic mass is 32.2. The number of sulfonamides is 1. The number of hydrogen-bond acceptors (Lipinski definition) is 4. The SMILES string of the molecule is Cc1ccc(S(=O)(=O)NCCC(CC(C)c2cc3ccccc3o2)OCc2ccccc2)cc1. The van der Waals surface area contributed by atoms with E-state index in [2.05, 4.69) is 17.7 Å². The Labute approximate surface area is 201 Å². The number of para-hydroxylation sites is 1. The summed E-state index contributed by atoms with van der Waals surface area (Å²) in [6.45, 7) is 4.82. The fourth-order valence-corrected chi connectivity index (χ4v) is 5.02. The zero-order valence-electron chi connectivity index (χ0n) is 19.6. The van der Waals surface area contributed by atoms with Crippen LogP contribution in [-0.4, -0.2) is 21.1 Å². The summed E-state index contributed by atoms with van der Waals surface area (Å²) >= 11 is 0. The van der Waals surface area contributed by atoms with Gasteiger partial charge in [0.05, 0.1) is 17.6 Å². The Morgan fingerprint density at radius 2 is 1.65 bits per heavy atom. The molecule has 0 aliphatic rings. The van der Waals surface area contributed by atoms with Gasteiger partial charge in [-0.05, 0) is 49.6 Å². The molecule has 0 fully saturated rings. The third-order valence-electron chi connectivity index (χ3n) is 5.96. The van der Waals surface area contributed by atoms with Gasteiger partial charge in [-0.15, -0.1) is 0 Å². The number of nitrogens with one attached hydrogen (secondary N) is 1. The molecule has 6 heteroatoms. The van der Waals surface area contributed by atoms with Crippen molar-refractivity contribution >= 4 is 21.0 Å². The topological polar surface area (TPSA) is 68.5 Å². The molecule has 0 aliphatic carbocycles. The van der Waals surface area contributed by atoms with Crippen molar-refractivity contribution in [3.8, 4) is 0 Å². The van der Waals surface area contributed by atoms with E-state index in [1.165, 1.54) is 0 Å². The number of benzene rings is 3. The second-order valence-corrected chi connectivity index (χ2v) is 10.5. The van der Waals surface area contributed by atoms with E-state index >= 15 is 0 Å². The molecule has 4 aromatic rings. The van der Waals surface area contributed by atoms with Crippen molar-refractivity contribution in [2.45, 2.75) is 50.2 Å². The number of fused-ring (bicyclic) bond motifs is 1. The van der Waals surface area contributed by atoms with Crippen LogP contribution in [0.5, 0.6) is 0 Å². The van der Waals surface area contributed by atoms with Crippen molar-refractivity contribution in [2.75, 3.05) is 6.54 Å². The Kier molecular flexibility index (Phi) is 7.83. The van der Waals surface area contributed by atoms with Crippen LogP contribution in [0.25, 0.3) is 11.0 Å². The lowest BCUT2D eigenvalue weighted by Crippen LogP contribution is -2.28. The molecule has 1 aromatic heterocycles. The first-order chi connectivity index (χ1) is 16.4. The molecule has 0 aliphatic heterocycles. The first kappa shape index (κ1) is 24.2. The fourth-order valence-electron chi connectivity index (χ4n) is 3.97. The third kappa shape index (κ3) is 6.35. The van der Waals surface area contributed by atoms with E-state index in [1.807, 2.05) is 61.5 Å². The molecule has 34 heavy (non-hydrogen) atoms. The summed E-state index contributed by atoms with van der Waals surface area (Å²) < 4.78 is 40.4. The Hall–Kier alpha value is -2.93. The number of rotatable bonds is 11. The summed E-state index contributed by atoms with van der Waals surface area (Å²) in [5, 5.41) is 1.08. The van der Waals surface area contributed by atoms with Gasteiger partial charge in [-0.2, -0.15) is 0 Å². The standard InChI is InChI=1S/C28H31NO4S/c1-21-12-14-26(15-13-21)34(30,31)29-17-16-25(32-20-23-8-4-3-5-9-23)18-22(2)28-19-24-10-6-7-11-27(24)33-28/h3-15,19,22,25,29H,16-18,20H2,1-2H3. The third-order valence-corrected chi connectivity index (χ3v) is 7.44. The van der Waals surface area contributed by atoms with Crippen LogP contribution in [0, 0.1) is 6.92 Å². The van der Waals surface area contributed by atoms with E-state index in [-0.39, 0.29) is 16.9 Å². The molecule has 0 saturated carbocycles. The number of hydrogen-bond donors (Lipinski definition) is 1. The Bertz CT molecular complexity index is 1260. The molecular weight excluding hydrogens is 446 g/mol. The van der Waals surface area contributed by atoms with Gasteiger partial charge in [-0.3, -0.25) is 0 Å². The van der Waals surface area contributed by atoms with Crippen LogP contribution in [-0.2, 0) is 21.4 Å². The molecule has 1 N–H and O–H groups in total. The van der Waals surface area contributed by atoms with E-state index in [4.69, 9.17) is 9.15 Å². The fraction of sp³-hybridized carbons (Fsp3) is 0.286. The maximum Gasteiger partial charge on any atom is 0.240 e. The smallest absolute Gasteiger partial charge is 0.240 e. The maximum absolute atomic E-state index is 12.7. The van der Waals surface area contributed by atoms with Gasteiger partial charge in [0.1, 0.15) is 11.3 Å². The molecule has 0 bridgehead atoms. The highest BCUT2D eigenvalue weighted by Gasteiger charge is 2.20. The second kappa shape index (κ2) is 11.0. The van der Waals surface area contributed by atoms with Crippen LogP contribution in [0.1, 0.15) is 42.6 Å². The number of furan rings is 1. The molecule has 5 nitrogen and oxygen atoms in total. The van der Waals surface area contributed by atoms with Gasteiger partial charge in [-0.25, -0.2) is 13.1 Å². The summed E-state index contributed by atoms with van der Waals surface area (Å²) in [6.07, 6.45) is 1.14. The van der Waals surface area contributed by atoms with Crippen LogP contribution in [0.15, 0.2) is 94.2 Å². The minimum Gasteiger partial charge on any atom is -0.461 e. The summed E-state index contributed by atoms with van der Waals surface area (Å²) in [7, 11) is -3.56. The molecule has 0 saturated heterocycles. The van der Waals surface area contributed by atoms with E-state index < -0.39 is 10.0 Å². The number of ether oxygens (including phenoxy) is 1. The van der Waals surface area contributed by atoms with E-state index in [0.717, 1.165) is 34.3 Å². The van der Waals surface area contributed by atoms with E-state index in [0.29, 0.717) is 19.6 Å². The van der Waals surface area contributed by atoms with Crippen molar-refractivity contribution in [3.05, 3.63) is 102 Å². The molecule has 4 rings (SSSR count). The molecule has 178 valence electrons. The Morgan fingerprint density at radius 3 is 2.38 bits per heavy atom. The van der Waals surface area contributed by atoms with Crippen LogP contribution in [0.3, 0.4) is 0 Å². The average Bonchev–Trinajstić information content (AvgIpc) is 3.28. The molecule has 0 spiro atoms. The minimum absolute atomic E-state index is 0.127. The van der Waals surface area contributed by atoms with Crippen molar-refractivity contribution in [3.63, 3.8) is 0 Å². The monoisotopic (exact) mass is 477 g/mol. The largest absolute Gasteiger partial charge is 0.461 e. The quantitative estimate of drug-likeness (QED) is 0.280. The van der Waals surface area contributed by atoms with Gasteiger partial charge < -0.3 is 9.15 Å². The molecule has 3 aromatic carbocycles. The second-order valence-electron chi connectivity index (χ2n) is 8.74. The molecule has 0 amide bonds. The Balaban J connectivity index is 1.41. The maximum atomic E-state index is 12.7. The van der Waals surface area contributed by atoms with E-state index in [9.17, 15) is 8.42 Å². The van der Waals surface area contributed by atoms with Gasteiger partial charge in [0.15, 0.2) is 0 Å².